The van der Waals surface area contributed by atoms with Crippen LogP contribution in [0.2, 0.25) is 0 Å². The van der Waals surface area contributed by atoms with Gasteiger partial charge in [0.15, 0.2) is 0 Å². The number of benzene rings is 8. The fourth-order valence-corrected chi connectivity index (χ4v) is 6.53. The van der Waals surface area contributed by atoms with E-state index in [0.29, 0.717) is 22.3 Å². The largest absolute Gasteiger partial charge is 0.455 e. The zero-order valence-corrected chi connectivity index (χ0v) is 23.8. The van der Waals surface area contributed by atoms with Crippen LogP contribution >= 0.6 is 0 Å². The summed E-state index contributed by atoms with van der Waals surface area (Å²) in [4.78, 5) is 0. The smallest absolute Gasteiger partial charge is 0.143 e. The molecule has 1 heterocycles. The number of hydrogen-bond donors (Lipinski definition) is 0. The Morgan fingerprint density at radius 2 is 0.778 bits per heavy atom. The lowest BCUT2D eigenvalue weighted by atomic mass is 9.85. The Kier molecular flexibility index (Phi) is 4.01. The van der Waals surface area contributed by atoms with Gasteiger partial charge in [-0.15, -0.1) is 0 Å². The molecule has 0 spiro atoms. The van der Waals surface area contributed by atoms with Gasteiger partial charge in [-0.25, -0.2) is 0 Å². The van der Waals surface area contributed by atoms with Gasteiger partial charge in [0.05, 0.1) is 13.7 Å². The molecule has 9 aromatic rings. The third-order valence-electron chi connectivity index (χ3n) is 8.46. The molecule has 0 unspecified atom stereocenters. The van der Waals surface area contributed by atoms with E-state index in [-0.39, 0.29) is 47.4 Å². The fourth-order valence-electron chi connectivity index (χ4n) is 6.53. The topological polar surface area (TPSA) is 13.1 Å². The monoisotopic (exact) mass is 582 g/mol. The Morgan fingerprint density at radius 1 is 0.333 bits per heavy atom. The second-order valence-corrected chi connectivity index (χ2v) is 10.9. The number of fused-ring (bicyclic) bond motifs is 5. The van der Waals surface area contributed by atoms with Crippen LogP contribution in [0, 0.1) is 0 Å². The minimum absolute atomic E-state index is 0.0787. The molecule has 0 atom stereocenters. The summed E-state index contributed by atoms with van der Waals surface area (Å²) in [6.07, 6.45) is 0. The quantitative estimate of drug-likeness (QED) is 0.188. The summed E-state index contributed by atoms with van der Waals surface area (Å²) in [6, 6.07) is 31.5. The zero-order valence-electron chi connectivity index (χ0n) is 33.8. The van der Waals surface area contributed by atoms with E-state index in [9.17, 15) is 0 Å². The molecule has 9 rings (SSSR count). The van der Waals surface area contributed by atoms with Gasteiger partial charge >= 0.3 is 0 Å². The summed E-state index contributed by atoms with van der Waals surface area (Å²) in [6.45, 7) is 0. The second-order valence-electron chi connectivity index (χ2n) is 10.9. The molecular formula is C44H28O. The number of para-hydroxylation sites is 2. The van der Waals surface area contributed by atoms with Crippen molar-refractivity contribution in [3.8, 4) is 44.5 Å². The highest BCUT2D eigenvalue weighted by molar-refractivity contribution is 6.24. The lowest BCUT2D eigenvalue weighted by molar-refractivity contribution is 0.671. The van der Waals surface area contributed by atoms with Gasteiger partial charge in [-0.1, -0.05) is 170 Å². The normalized spacial score (nSPS) is 14.7. The summed E-state index contributed by atoms with van der Waals surface area (Å²) in [5, 5.41) is 5.45. The second kappa shape index (κ2) is 10.4. The molecule has 210 valence electrons. The highest BCUT2D eigenvalue weighted by atomic mass is 16.3. The summed E-state index contributed by atoms with van der Waals surface area (Å²) in [7, 11) is 0. The predicted molar refractivity (Wildman–Crippen MR) is 190 cm³/mol. The minimum atomic E-state index is -0.454. The predicted octanol–water partition coefficient (Wildman–Crippen LogP) is 12.6. The molecule has 0 radical (unpaired) electrons. The molecule has 0 saturated carbocycles. The number of rotatable bonds is 4. The fraction of sp³-hybridized carbons (Fsp3) is 0. The van der Waals surface area contributed by atoms with E-state index in [1.807, 2.05) is 66.7 Å². The van der Waals surface area contributed by atoms with Crippen LogP contribution in [0.3, 0.4) is 0 Å². The van der Waals surface area contributed by atoms with Crippen molar-refractivity contribution >= 4 is 43.5 Å². The molecule has 0 aliphatic heterocycles. The molecule has 0 amide bonds. The first-order valence-corrected chi connectivity index (χ1v) is 14.6. The number of furan rings is 1. The maximum Gasteiger partial charge on any atom is 0.143 e. The molecular weight excluding hydrogens is 544 g/mol. The standard InChI is InChI=1S/C44H28O/c1-3-13-29(14-4-1)30-25-27-32(28-26-30)41-34-17-7-9-19-36(34)42(37-20-10-8-18-35(37)41)40-24-12-23-39-38-22-11-21-33(43(38)45-44(39)40)31-15-5-2-6-16-31/h1-28H/i1D,2D,3D,4D,5D,6D,13D,14D,15D,16D. The van der Waals surface area contributed by atoms with Crippen molar-refractivity contribution in [1.82, 2.24) is 0 Å². The molecule has 0 N–H and O–H groups in total. The van der Waals surface area contributed by atoms with Crippen LogP contribution in [-0.2, 0) is 0 Å². The average molecular weight is 583 g/mol. The molecule has 0 aliphatic rings. The highest BCUT2D eigenvalue weighted by Gasteiger charge is 2.21. The van der Waals surface area contributed by atoms with Gasteiger partial charge in [0.1, 0.15) is 11.2 Å². The first kappa shape index (κ1) is 17.4. The Bertz CT molecular complexity index is 2980. The van der Waals surface area contributed by atoms with E-state index in [1.165, 1.54) is 0 Å². The van der Waals surface area contributed by atoms with Crippen molar-refractivity contribution in [3.63, 3.8) is 0 Å². The molecule has 1 heteroatoms. The molecule has 1 nitrogen and oxygen atoms in total. The van der Waals surface area contributed by atoms with E-state index in [0.717, 1.165) is 54.6 Å². The zero-order chi connectivity index (χ0) is 38.4. The van der Waals surface area contributed by atoms with Crippen LogP contribution in [-0.4, -0.2) is 0 Å². The Labute approximate surface area is 275 Å². The van der Waals surface area contributed by atoms with Crippen molar-refractivity contribution in [2.75, 3.05) is 0 Å². The molecule has 0 fully saturated rings. The molecule has 0 bridgehead atoms. The first-order chi connectivity index (χ1) is 26.5. The third kappa shape index (κ3) is 4.09. The van der Waals surface area contributed by atoms with Gasteiger partial charge in [-0.05, 0) is 49.4 Å². The minimum Gasteiger partial charge on any atom is -0.455 e. The Hall–Kier alpha value is -5.92. The Balaban J connectivity index is 1.29. The molecule has 45 heavy (non-hydrogen) atoms. The van der Waals surface area contributed by atoms with Crippen LogP contribution in [0.15, 0.2) is 174 Å². The van der Waals surface area contributed by atoms with Gasteiger partial charge in [0.25, 0.3) is 0 Å². The van der Waals surface area contributed by atoms with Gasteiger partial charge in [0.2, 0.25) is 0 Å². The van der Waals surface area contributed by atoms with Crippen molar-refractivity contribution in [3.05, 3.63) is 170 Å². The van der Waals surface area contributed by atoms with E-state index >= 15 is 0 Å². The van der Waals surface area contributed by atoms with E-state index in [4.69, 9.17) is 18.1 Å². The summed E-state index contributed by atoms with van der Waals surface area (Å²) >= 11 is 0. The lowest BCUT2D eigenvalue weighted by Crippen LogP contribution is -1.91. The third-order valence-corrected chi connectivity index (χ3v) is 8.46. The van der Waals surface area contributed by atoms with Crippen LogP contribution < -0.4 is 0 Å². The van der Waals surface area contributed by atoms with Crippen molar-refractivity contribution < 1.29 is 18.1 Å². The van der Waals surface area contributed by atoms with Crippen molar-refractivity contribution in [2.24, 2.45) is 0 Å². The van der Waals surface area contributed by atoms with Gasteiger partial charge < -0.3 is 4.42 Å². The molecule has 1 aromatic heterocycles. The summed E-state index contributed by atoms with van der Waals surface area (Å²) in [5.41, 5.74) is 5.82. The maximum atomic E-state index is 8.68. The Morgan fingerprint density at radius 3 is 1.36 bits per heavy atom. The van der Waals surface area contributed by atoms with E-state index < -0.39 is 24.2 Å². The summed E-state index contributed by atoms with van der Waals surface area (Å²) in [5.74, 6) is 0. The van der Waals surface area contributed by atoms with Crippen LogP contribution in [0.5, 0.6) is 0 Å². The number of hydrogen-bond acceptors (Lipinski definition) is 1. The van der Waals surface area contributed by atoms with Crippen LogP contribution in [0.25, 0.3) is 88.0 Å². The van der Waals surface area contributed by atoms with E-state index in [1.54, 1.807) is 18.2 Å². The van der Waals surface area contributed by atoms with Crippen LogP contribution in [0.4, 0.5) is 0 Å². The molecule has 0 aliphatic carbocycles. The molecule has 0 saturated heterocycles. The maximum absolute atomic E-state index is 8.68. The average Bonchev–Trinajstić information content (AvgIpc) is 3.60. The summed E-state index contributed by atoms with van der Waals surface area (Å²) < 4.78 is 90.1. The van der Waals surface area contributed by atoms with Gasteiger partial charge in [-0.3, -0.25) is 0 Å². The lowest BCUT2D eigenvalue weighted by Gasteiger charge is -2.18. The first-order valence-electron chi connectivity index (χ1n) is 19.6. The molecule has 8 aromatic carbocycles. The van der Waals surface area contributed by atoms with Crippen LogP contribution in [0.1, 0.15) is 13.7 Å². The van der Waals surface area contributed by atoms with Gasteiger partial charge in [-0.2, -0.15) is 0 Å². The highest BCUT2D eigenvalue weighted by Crippen LogP contribution is 2.47. The SMILES string of the molecule is [2H]c1c([2H])c([2H])c(-c2ccc(-c3c4ccccc4c(-c4cccc5c4oc4c(-c6c([2H])c([2H])c([2H])c([2H])c6[2H])cccc45)c4ccccc34)cc2)c([2H])c1[2H]. The van der Waals surface area contributed by atoms with Crippen molar-refractivity contribution in [2.45, 2.75) is 0 Å². The van der Waals surface area contributed by atoms with Gasteiger partial charge in [0, 0.05) is 27.5 Å². The van der Waals surface area contributed by atoms with Crippen molar-refractivity contribution in [1.29, 1.82) is 0 Å². The van der Waals surface area contributed by atoms with E-state index in [2.05, 4.69) is 24.3 Å².